The van der Waals surface area contributed by atoms with Gasteiger partial charge >= 0.3 is 0 Å². The van der Waals surface area contributed by atoms with Crippen molar-refractivity contribution in [1.82, 2.24) is 4.57 Å². The highest BCUT2D eigenvalue weighted by Crippen LogP contribution is 2.06. The minimum Gasteiger partial charge on any atom is -0.342 e. The third-order valence-corrected chi connectivity index (χ3v) is 2.82. The van der Waals surface area contributed by atoms with Gasteiger partial charge in [0.1, 0.15) is 0 Å². The average Bonchev–Trinajstić information content (AvgIpc) is 2.89. The van der Waals surface area contributed by atoms with Crippen LogP contribution in [0.4, 0.5) is 0 Å². The lowest BCUT2D eigenvalue weighted by Crippen LogP contribution is -1.97. The number of nitrogens with zero attached hydrogens (tertiary/aromatic N) is 1. The van der Waals surface area contributed by atoms with Gasteiger partial charge in [0.05, 0.1) is 6.54 Å². The number of Topliss-reactive ketones (excluding diaryl/α,β-unsaturated/α-hetero) is 1. The van der Waals surface area contributed by atoms with Crippen LogP contribution in [0.2, 0.25) is 0 Å². The van der Waals surface area contributed by atoms with Crippen molar-refractivity contribution in [2.24, 2.45) is 0 Å². The monoisotopic (exact) mass is 251 g/mol. The van der Waals surface area contributed by atoms with Crippen molar-refractivity contribution in [3.05, 3.63) is 59.9 Å². The predicted molar refractivity (Wildman–Crippen MR) is 77.0 cm³/mol. The summed E-state index contributed by atoms with van der Waals surface area (Å²) in [5, 5.41) is 0. The summed E-state index contributed by atoms with van der Waals surface area (Å²) in [5.41, 5.74) is 1.79. The Labute approximate surface area is 114 Å². The molecule has 1 heterocycles. The summed E-state index contributed by atoms with van der Waals surface area (Å²) in [6, 6.07) is 11.8. The van der Waals surface area contributed by atoms with E-state index in [1.54, 1.807) is 0 Å². The molecule has 0 unspecified atom stereocenters. The van der Waals surface area contributed by atoms with Crippen LogP contribution in [0.15, 0.2) is 48.8 Å². The van der Waals surface area contributed by atoms with Gasteiger partial charge in [-0.3, -0.25) is 4.79 Å². The highest BCUT2D eigenvalue weighted by molar-refractivity contribution is 5.95. The quantitative estimate of drug-likeness (QED) is 0.602. The molecular weight excluding hydrogens is 234 g/mol. The van der Waals surface area contributed by atoms with Crippen molar-refractivity contribution in [1.29, 1.82) is 0 Å². The predicted octanol–water partition coefficient (Wildman–Crippen LogP) is 3.52. The van der Waals surface area contributed by atoms with Gasteiger partial charge in [0.15, 0.2) is 5.78 Å². The molecular formula is C17H17NO. The molecule has 0 atom stereocenters. The fourth-order valence-corrected chi connectivity index (χ4v) is 1.83. The maximum absolute atomic E-state index is 11.7. The third kappa shape index (κ3) is 3.86. The lowest BCUT2D eigenvalue weighted by Gasteiger charge is -1.95. The normalized spacial score (nSPS) is 9.74. The third-order valence-electron chi connectivity index (χ3n) is 2.82. The Morgan fingerprint density at radius 2 is 2.00 bits per heavy atom. The number of carbonyl (C=O) groups is 1. The summed E-state index contributed by atoms with van der Waals surface area (Å²) in [7, 11) is 0. The van der Waals surface area contributed by atoms with Crippen molar-refractivity contribution >= 4 is 5.78 Å². The van der Waals surface area contributed by atoms with Gasteiger partial charge in [0.2, 0.25) is 0 Å². The molecule has 0 aliphatic rings. The molecule has 1 aromatic carbocycles. The first-order valence-corrected chi connectivity index (χ1v) is 6.52. The number of hydrogen-bond acceptors (Lipinski definition) is 1. The Morgan fingerprint density at radius 3 is 2.74 bits per heavy atom. The fourth-order valence-electron chi connectivity index (χ4n) is 1.83. The molecule has 0 aliphatic heterocycles. The minimum absolute atomic E-state index is 0.206. The SMILES string of the molecule is CCCC(=O)c1ccn(CC#Cc2ccccc2)c1. The Bertz CT molecular complexity index is 599. The molecule has 0 saturated carbocycles. The van der Waals surface area contributed by atoms with E-state index in [-0.39, 0.29) is 5.78 Å². The Hall–Kier alpha value is -2.27. The zero-order chi connectivity index (χ0) is 13.5. The first-order valence-electron chi connectivity index (χ1n) is 6.52. The molecule has 0 fully saturated rings. The number of rotatable bonds is 4. The van der Waals surface area contributed by atoms with Crippen LogP contribution in [0.25, 0.3) is 0 Å². The van der Waals surface area contributed by atoms with Gasteiger partial charge in [-0.2, -0.15) is 0 Å². The first-order chi connectivity index (χ1) is 9.29. The van der Waals surface area contributed by atoms with E-state index < -0.39 is 0 Å². The van der Waals surface area contributed by atoms with Crippen LogP contribution in [0.3, 0.4) is 0 Å². The summed E-state index contributed by atoms with van der Waals surface area (Å²) >= 11 is 0. The fraction of sp³-hybridized carbons (Fsp3) is 0.235. The van der Waals surface area contributed by atoms with Gasteiger partial charge in [-0.05, 0) is 24.6 Å². The van der Waals surface area contributed by atoms with Gasteiger partial charge in [0, 0.05) is 29.9 Å². The van der Waals surface area contributed by atoms with E-state index in [1.165, 1.54) is 0 Å². The van der Waals surface area contributed by atoms with Crippen molar-refractivity contribution in [2.45, 2.75) is 26.3 Å². The lowest BCUT2D eigenvalue weighted by atomic mass is 10.1. The molecule has 0 saturated heterocycles. The van der Waals surface area contributed by atoms with Gasteiger partial charge < -0.3 is 4.57 Å². The smallest absolute Gasteiger partial charge is 0.164 e. The number of carbonyl (C=O) groups excluding carboxylic acids is 1. The maximum Gasteiger partial charge on any atom is 0.164 e. The van der Waals surface area contributed by atoms with Crippen LogP contribution < -0.4 is 0 Å². The van der Waals surface area contributed by atoms with Gasteiger partial charge in [-0.15, -0.1) is 0 Å². The summed E-state index contributed by atoms with van der Waals surface area (Å²) < 4.78 is 1.94. The number of ketones is 1. The minimum atomic E-state index is 0.206. The summed E-state index contributed by atoms with van der Waals surface area (Å²) in [5.74, 6) is 6.41. The molecule has 0 N–H and O–H groups in total. The van der Waals surface area contributed by atoms with Crippen LogP contribution in [0.1, 0.15) is 35.7 Å². The van der Waals surface area contributed by atoms with E-state index in [9.17, 15) is 4.79 Å². The van der Waals surface area contributed by atoms with Crippen LogP contribution in [0, 0.1) is 11.8 Å². The average molecular weight is 251 g/mol. The van der Waals surface area contributed by atoms with E-state index in [0.717, 1.165) is 17.5 Å². The van der Waals surface area contributed by atoms with Crippen molar-refractivity contribution < 1.29 is 4.79 Å². The molecule has 0 bridgehead atoms. The molecule has 0 spiro atoms. The molecule has 0 radical (unpaired) electrons. The second-order valence-electron chi connectivity index (χ2n) is 4.41. The van der Waals surface area contributed by atoms with Gasteiger partial charge in [-0.1, -0.05) is 37.0 Å². The van der Waals surface area contributed by atoms with Crippen molar-refractivity contribution in [2.75, 3.05) is 0 Å². The molecule has 2 rings (SSSR count). The Morgan fingerprint density at radius 1 is 1.21 bits per heavy atom. The standard InChI is InChI=1S/C17H17NO/c1-2-7-17(19)16-11-13-18(14-16)12-6-10-15-8-4-3-5-9-15/h3-5,8-9,11,13-14H,2,7,12H2,1H3. The molecule has 2 nitrogen and oxygen atoms in total. The highest BCUT2D eigenvalue weighted by atomic mass is 16.1. The van der Waals surface area contributed by atoms with Crippen LogP contribution in [0.5, 0.6) is 0 Å². The molecule has 2 heteroatoms. The zero-order valence-corrected chi connectivity index (χ0v) is 11.1. The van der Waals surface area contributed by atoms with Crippen LogP contribution >= 0.6 is 0 Å². The van der Waals surface area contributed by atoms with E-state index in [1.807, 2.05) is 60.3 Å². The number of benzene rings is 1. The molecule has 19 heavy (non-hydrogen) atoms. The van der Waals surface area contributed by atoms with Crippen molar-refractivity contribution in [3.8, 4) is 11.8 Å². The number of aromatic nitrogens is 1. The summed E-state index contributed by atoms with van der Waals surface area (Å²) in [6.07, 6.45) is 5.28. The first kappa shape index (κ1) is 13.2. The van der Waals surface area contributed by atoms with E-state index >= 15 is 0 Å². The van der Waals surface area contributed by atoms with Crippen LogP contribution in [-0.4, -0.2) is 10.4 Å². The molecule has 0 amide bonds. The van der Waals surface area contributed by atoms with Crippen LogP contribution in [-0.2, 0) is 6.54 Å². The summed E-state index contributed by atoms with van der Waals surface area (Å²) in [4.78, 5) is 11.7. The van der Waals surface area contributed by atoms with E-state index in [2.05, 4.69) is 11.8 Å². The molecule has 2 aromatic rings. The van der Waals surface area contributed by atoms with Gasteiger partial charge in [0.25, 0.3) is 0 Å². The molecule has 1 aromatic heterocycles. The highest BCUT2D eigenvalue weighted by Gasteiger charge is 2.05. The lowest BCUT2D eigenvalue weighted by molar-refractivity contribution is 0.0981. The van der Waals surface area contributed by atoms with E-state index in [4.69, 9.17) is 0 Å². The Kier molecular flexibility index (Phi) is 4.58. The summed E-state index contributed by atoms with van der Waals surface area (Å²) in [6.45, 7) is 2.62. The number of hydrogen-bond donors (Lipinski definition) is 0. The molecule has 96 valence electrons. The maximum atomic E-state index is 11.7. The molecule has 0 aliphatic carbocycles. The zero-order valence-electron chi connectivity index (χ0n) is 11.1. The topological polar surface area (TPSA) is 22.0 Å². The second-order valence-corrected chi connectivity index (χ2v) is 4.41. The van der Waals surface area contributed by atoms with Gasteiger partial charge in [-0.25, -0.2) is 0 Å². The Balaban J connectivity index is 1.98. The largest absolute Gasteiger partial charge is 0.342 e. The van der Waals surface area contributed by atoms with Crippen molar-refractivity contribution in [3.63, 3.8) is 0 Å². The second kappa shape index (κ2) is 6.61. The van der Waals surface area contributed by atoms with E-state index in [0.29, 0.717) is 13.0 Å².